The highest BCUT2D eigenvalue weighted by atomic mass is 32.2. The summed E-state index contributed by atoms with van der Waals surface area (Å²) in [4.78, 5) is 26.5. The van der Waals surface area contributed by atoms with Crippen LogP contribution in [0.15, 0.2) is 35.5 Å². The fourth-order valence-corrected chi connectivity index (χ4v) is 4.67. The predicted molar refractivity (Wildman–Crippen MR) is 114 cm³/mol. The second-order valence-electron chi connectivity index (χ2n) is 7.54. The molecule has 5 nitrogen and oxygen atoms in total. The maximum Gasteiger partial charge on any atom is 0.253 e. The van der Waals surface area contributed by atoms with E-state index < -0.39 is 0 Å². The van der Waals surface area contributed by atoms with Crippen LogP contribution in [0.5, 0.6) is 0 Å². The van der Waals surface area contributed by atoms with Crippen LogP contribution >= 0.6 is 11.8 Å². The minimum atomic E-state index is 0.157. The van der Waals surface area contributed by atoms with E-state index in [-0.39, 0.29) is 5.91 Å². The lowest BCUT2D eigenvalue weighted by atomic mass is 10.1. The van der Waals surface area contributed by atoms with E-state index in [1.807, 2.05) is 23.1 Å². The van der Waals surface area contributed by atoms with Gasteiger partial charge in [-0.25, -0.2) is 9.97 Å². The summed E-state index contributed by atoms with van der Waals surface area (Å²) in [6, 6.07) is 10.1. The Labute approximate surface area is 171 Å². The topological polar surface area (TPSA) is 49.3 Å². The number of hydrogen-bond acceptors (Lipinski definition) is 5. The molecule has 2 aliphatic rings. The standard InChI is InChI=1S/C22H28N4OS/c1-2-19-15-20(25-10-3-4-11-25)24-22(23-19)28-16-17-8-7-9-18(14-17)21(27)26-12-5-6-13-26/h7-9,14-15H,2-6,10-13,16H2,1H3. The number of aryl methyl sites for hydroxylation is 1. The highest BCUT2D eigenvalue weighted by molar-refractivity contribution is 7.98. The molecule has 3 heterocycles. The number of aromatic nitrogens is 2. The first-order chi connectivity index (χ1) is 13.7. The predicted octanol–water partition coefficient (Wildman–Crippen LogP) is 4.17. The zero-order valence-corrected chi connectivity index (χ0v) is 17.4. The number of carbonyl (C=O) groups is 1. The number of carbonyl (C=O) groups excluding carboxylic acids is 1. The molecule has 0 spiro atoms. The molecule has 0 aliphatic carbocycles. The van der Waals surface area contributed by atoms with Crippen LogP contribution < -0.4 is 4.90 Å². The molecule has 148 valence electrons. The highest BCUT2D eigenvalue weighted by Gasteiger charge is 2.20. The second-order valence-corrected chi connectivity index (χ2v) is 8.48. The Morgan fingerprint density at radius 1 is 1.04 bits per heavy atom. The van der Waals surface area contributed by atoms with E-state index >= 15 is 0 Å². The number of likely N-dealkylation sites (tertiary alicyclic amines) is 1. The molecular formula is C22H28N4OS. The molecule has 0 atom stereocenters. The largest absolute Gasteiger partial charge is 0.356 e. The summed E-state index contributed by atoms with van der Waals surface area (Å²) in [5.74, 6) is 1.99. The van der Waals surface area contributed by atoms with Gasteiger partial charge in [0.15, 0.2) is 5.16 Å². The van der Waals surface area contributed by atoms with Crippen LogP contribution in [-0.4, -0.2) is 47.0 Å². The van der Waals surface area contributed by atoms with Gasteiger partial charge < -0.3 is 9.80 Å². The third-order valence-corrected chi connectivity index (χ3v) is 6.39. The molecule has 2 aromatic rings. The van der Waals surface area contributed by atoms with E-state index in [1.165, 1.54) is 12.8 Å². The van der Waals surface area contributed by atoms with Crippen LogP contribution in [0.3, 0.4) is 0 Å². The summed E-state index contributed by atoms with van der Waals surface area (Å²) in [5.41, 5.74) is 3.03. The van der Waals surface area contributed by atoms with Gasteiger partial charge in [-0.1, -0.05) is 30.8 Å². The molecule has 0 bridgehead atoms. The number of thioether (sulfide) groups is 1. The molecule has 0 radical (unpaired) electrons. The Morgan fingerprint density at radius 2 is 1.79 bits per heavy atom. The average Bonchev–Trinajstić information content (AvgIpc) is 3.46. The normalized spacial score (nSPS) is 16.8. The maximum absolute atomic E-state index is 12.6. The van der Waals surface area contributed by atoms with Crippen molar-refractivity contribution >= 4 is 23.5 Å². The molecule has 28 heavy (non-hydrogen) atoms. The van der Waals surface area contributed by atoms with E-state index in [9.17, 15) is 4.79 Å². The fourth-order valence-electron chi connectivity index (χ4n) is 3.86. The summed E-state index contributed by atoms with van der Waals surface area (Å²) < 4.78 is 0. The number of anilines is 1. The van der Waals surface area contributed by atoms with Crippen molar-refractivity contribution in [3.05, 3.63) is 47.2 Å². The van der Waals surface area contributed by atoms with E-state index in [0.717, 1.165) is 79.0 Å². The van der Waals surface area contributed by atoms with Crippen molar-refractivity contribution in [2.45, 2.75) is 49.9 Å². The molecule has 0 saturated carbocycles. The van der Waals surface area contributed by atoms with E-state index in [4.69, 9.17) is 9.97 Å². The number of hydrogen-bond donors (Lipinski definition) is 0. The Morgan fingerprint density at radius 3 is 2.54 bits per heavy atom. The number of amides is 1. The molecule has 2 saturated heterocycles. The Bertz CT molecular complexity index is 829. The van der Waals surface area contributed by atoms with Crippen LogP contribution in [0, 0.1) is 0 Å². The molecule has 2 aliphatic heterocycles. The van der Waals surface area contributed by atoms with Crippen LogP contribution in [0.2, 0.25) is 0 Å². The zero-order chi connectivity index (χ0) is 19.3. The molecule has 2 fully saturated rings. The third kappa shape index (κ3) is 4.49. The first-order valence-electron chi connectivity index (χ1n) is 10.4. The quantitative estimate of drug-likeness (QED) is 0.542. The van der Waals surface area contributed by atoms with Gasteiger partial charge in [-0.3, -0.25) is 4.79 Å². The molecule has 0 unspecified atom stereocenters. The van der Waals surface area contributed by atoms with Crippen LogP contribution in [0.4, 0.5) is 5.82 Å². The number of rotatable bonds is 6. The fraction of sp³-hybridized carbons (Fsp3) is 0.500. The van der Waals surface area contributed by atoms with Crippen molar-refractivity contribution in [1.29, 1.82) is 0 Å². The van der Waals surface area contributed by atoms with Gasteiger partial charge in [-0.15, -0.1) is 0 Å². The van der Waals surface area contributed by atoms with Gasteiger partial charge in [-0.05, 0) is 49.8 Å². The average molecular weight is 397 g/mol. The van der Waals surface area contributed by atoms with Crippen molar-refractivity contribution < 1.29 is 4.79 Å². The lowest BCUT2D eigenvalue weighted by Crippen LogP contribution is -2.27. The monoisotopic (exact) mass is 396 g/mol. The summed E-state index contributed by atoms with van der Waals surface area (Å²) in [6.07, 6.45) is 5.63. The maximum atomic E-state index is 12.6. The summed E-state index contributed by atoms with van der Waals surface area (Å²) in [7, 11) is 0. The van der Waals surface area contributed by atoms with Crippen LogP contribution in [0.25, 0.3) is 0 Å². The van der Waals surface area contributed by atoms with Gasteiger partial charge in [-0.2, -0.15) is 0 Å². The van der Waals surface area contributed by atoms with Gasteiger partial charge in [0.1, 0.15) is 5.82 Å². The summed E-state index contributed by atoms with van der Waals surface area (Å²) >= 11 is 1.65. The van der Waals surface area contributed by atoms with Crippen molar-refractivity contribution in [2.24, 2.45) is 0 Å². The zero-order valence-electron chi connectivity index (χ0n) is 16.6. The van der Waals surface area contributed by atoms with Crippen molar-refractivity contribution in [3.63, 3.8) is 0 Å². The van der Waals surface area contributed by atoms with Gasteiger partial charge in [0, 0.05) is 49.3 Å². The number of benzene rings is 1. The van der Waals surface area contributed by atoms with Crippen molar-refractivity contribution in [3.8, 4) is 0 Å². The second kappa shape index (κ2) is 8.95. The lowest BCUT2D eigenvalue weighted by Gasteiger charge is -2.18. The first-order valence-corrected chi connectivity index (χ1v) is 11.4. The minimum absolute atomic E-state index is 0.157. The van der Waals surface area contributed by atoms with Gasteiger partial charge in [0.2, 0.25) is 0 Å². The Kier molecular flexibility index (Phi) is 6.15. The van der Waals surface area contributed by atoms with Gasteiger partial charge >= 0.3 is 0 Å². The SMILES string of the molecule is CCc1cc(N2CCCC2)nc(SCc2cccc(C(=O)N3CCCC3)c2)n1. The molecule has 6 heteroatoms. The Balaban J connectivity index is 1.46. The van der Waals surface area contributed by atoms with E-state index in [0.29, 0.717) is 0 Å². The molecule has 4 rings (SSSR count). The number of nitrogens with zero attached hydrogens (tertiary/aromatic N) is 4. The van der Waals surface area contributed by atoms with Crippen molar-refractivity contribution in [2.75, 3.05) is 31.1 Å². The third-order valence-electron chi connectivity index (χ3n) is 5.47. The molecular weight excluding hydrogens is 368 g/mol. The molecule has 1 amide bonds. The molecule has 1 aromatic heterocycles. The van der Waals surface area contributed by atoms with E-state index in [2.05, 4.69) is 24.0 Å². The summed E-state index contributed by atoms with van der Waals surface area (Å²) in [6.45, 7) is 6.08. The molecule has 0 N–H and O–H groups in total. The van der Waals surface area contributed by atoms with E-state index in [1.54, 1.807) is 11.8 Å². The van der Waals surface area contributed by atoms with Crippen molar-refractivity contribution in [1.82, 2.24) is 14.9 Å². The first kappa shape index (κ1) is 19.2. The molecule has 1 aromatic carbocycles. The smallest absolute Gasteiger partial charge is 0.253 e. The van der Waals surface area contributed by atoms with Crippen LogP contribution in [0.1, 0.15) is 54.2 Å². The Hall–Kier alpha value is -2.08. The minimum Gasteiger partial charge on any atom is -0.356 e. The lowest BCUT2D eigenvalue weighted by molar-refractivity contribution is 0.0792. The van der Waals surface area contributed by atoms with Gasteiger partial charge in [0.05, 0.1) is 0 Å². The van der Waals surface area contributed by atoms with Crippen LogP contribution in [-0.2, 0) is 12.2 Å². The van der Waals surface area contributed by atoms with Gasteiger partial charge in [0.25, 0.3) is 5.91 Å². The summed E-state index contributed by atoms with van der Waals surface area (Å²) in [5, 5.41) is 0.831. The highest BCUT2D eigenvalue weighted by Crippen LogP contribution is 2.25.